The molecule has 144 valence electrons. The molecule has 0 aromatic carbocycles. The maximum atomic E-state index is 12.7. The number of nitrogens with zero attached hydrogens (tertiary/aromatic N) is 5. The second kappa shape index (κ2) is 8.06. The van der Waals surface area contributed by atoms with Crippen LogP contribution < -0.4 is 4.90 Å². The minimum atomic E-state index is -0.165. The maximum Gasteiger partial charge on any atom is 0.316 e. The summed E-state index contributed by atoms with van der Waals surface area (Å²) in [5, 5.41) is 4.05. The van der Waals surface area contributed by atoms with E-state index in [0.717, 1.165) is 50.4 Å². The number of piperidine rings is 1. The first kappa shape index (κ1) is 17.9. The summed E-state index contributed by atoms with van der Waals surface area (Å²) >= 11 is 0. The van der Waals surface area contributed by atoms with Crippen molar-refractivity contribution in [1.29, 1.82) is 0 Å². The minimum Gasteiger partial charge on any atom is -0.357 e. The summed E-state index contributed by atoms with van der Waals surface area (Å²) in [6.45, 7) is 5.74. The molecule has 1 atom stereocenters. The highest BCUT2D eigenvalue weighted by Crippen LogP contribution is 2.24. The molecule has 0 unspecified atom stereocenters. The van der Waals surface area contributed by atoms with Gasteiger partial charge in [0.15, 0.2) is 0 Å². The fourth-order valence-corrected chi connectivity index (χ4v) is 3.97. The molecule has 2 saturated heterocycles. The molecule has 27 heavy (non-hydrogen) atoms. The Bertz CT molecular complexity index is 782. The fraction of sp³-hybridized carbons (Fsp3) is 0.600. The van der Waals surface area contributed by atoms with Crippen molar-refractivity contribution in [3.05, 3.63) is 24.2 Å². The number of anilines is 1. The van der Waals surface area contributed by atoms with Gasteiger partial charge in [-0.15, -0.1) is 0 Å². The lowest BCUT2D eigenvalue weighted by Gasteiger charge is -2.29. The third kappa shape index (κ3) is 4.12. The van der Waals surface area contributed by atoms with E-state index in [-0.39, 0.29) is 11.8 Å². The number of carbonyl (C=O) groups is 1. The van der Waals surface area contributed by atoms with E-state index < -0.39 is 0 Å². The summed E-state index contributed by atoms with van der Waals surface area (Å²) in [7, 11) is 0. The monoisotopic (exact) mass is 369 g/mol. The highest BCUT2D eigenvalue weighted by molar-refractivity contribution is 5.90. The summed E-state index contributed by atoms with van der Waals surface area (Å²) in [5.74, 6) is 1.81. The van der Waals surface area contributed by atoms with Gasteiger partial charge in [-0.25, -0.2) is 4.98 Å². The van der Waals surface area contributed by atoms with Crippen molar-refractivity contribution in [2.75, 3.05) is 31.1 Å². The smallest absolute Gasteiger partial charge is 0.316 e. The molecule has 0 spiro atoms. The molecule has 7 nitrogen and oxygen atoms in total. The molecule has 4 heterocycles. The van der Waals surface area contributed by atoms with Crippen LogP contribution in [-0.2, 0) is 0 Å². The molecule has 2 aliphatic heterocycles. The molecule has 2 aromatic heterocycles. The maximum absolute atomic E-state index is 12.7. The van der Waals surface area contributed by atoms with Crippen LogP contribution in [0.1, 0.15) is 56.1 Å². The average molecular weight is 369 g/mol. The SMILES string of the molecule is C[C@H]1CCCN(C(=O)c2nc(-c3ccnc(N4CCCCCC4)c3)no2)C1. The molecule has 0 bridgehead atoms. The summed E-state index contributed by atoms with van der Waals surface area (Å²) in [5.41, 5.74) is 0.832. The zero-order valence-corrected chi connectivity index (χ0v) is 15.9. The molecule has 0 aliphatic carbocycles. The van der Waals surface area contributed by atoms with Gasteiger partial charge in [-0.05, 0) is 43.7 Å². The van der Waals surface area contributed by atoms with Crippen LogP contribution in [0.3, 0.4) is 0 Å². The highest BCUT2D eigenvalue weighted by Gasteiger charge is 2.26. The normalized spacial score (nSPS) is 21.1. The number of hydrogen-bond donors (Lipinski definition) is 0. The van der Waals surface area contributed by atoms with E-state index in [4.69, 9.17) is 4.52 Å². The van der Waals surface area contributed by atoms with Gasteiger partial charge in [-0.3, -0.25) is 4.79 Å². The third-order valence-electron chi connectivity index (χ3n) is 5.49. The Morgan fingerprint density at radius 1 is 1.15 bits per heavy atom. The third-order valence-corrected chi connectivity index (χ3v) is 5.49. The first-order chi connectivity index (χ1) is 13.2. The summed E-state index contributed by atoms with van der Waals surface area (Å²) in [6.07, 6.45) is 8.91. The number of likely N-dealkylation sites (tertiary alicyclic amines) is 1. The molecule has 0 saturated carbocycles. The first-order valence-corrected chi connectivity index (χ1v) is 10.0. The quantitative estimate of drug-likeness (QED) is 0.825. The Morgan fingerprint density at radius 2 is 1.96 bits per heavy atom. The van der Waals surface area contributed by atoms with Crippen molar-refractivity contribution in [3.8, 4) is 11.4 Å². The highest BCUT2D eigenvalue weighted by atomic mass is 16.5. The Morgan fingerprint density at radius 3 is 2.74 bits per heavy atom. The van der Waals surface area contributed by atoms with Crippen molar-refractivity contribution in [3.63, 3.8) is 0 Å². The van der Waals surface area contributed by atoms with E-state index in [9.17, 15) is 4.79 Å². The Balaban J connectivity index is 1.51. The Kier molecular flexibility index (Phi) is 5.36. The van der Waals surface area contributed by atoms with Crippen LogP contribution in [-0.4, -0.2) is 52.1 Å². The van der Waals surface area contributed by atoms with Crippen molar-refractivity contribution in [2.24, 2.45) is 5.92 Å². The molecular weight excluding hydrogens is 342 g/mol. The van der Waals surface area contributed by atoms with Gasteiger partial charge in [-0.1, -0.05) is 24.9 Å². The summed E-state index contributed by atoms with van der Waals surface area (Å²) in [6, 6.07) is 3.86. The number of pyridine rings is 1. The van der Waals surface area contributed by atoms with Crippen molar-refractivity contribution < 1.29 is 9.32 Å². The molecule has 1 amide bonds. The van der Waals surface area contributed by atoms with Gasteiger partial charge in [0.25, 0.3) is 0 Å². The van der Waals surface area contributed by atoms with E-state index in [1.807, 2.05) is 17.0 Å². The fourth-order valence-electron chi connectivity index (χ4n) is 3.97. The lowest BCUT2D eigenvalue weighted by molar-refractivity contribution is 0.0633. The van der Waals surface area contributed by atoms with Gasteiger partial charge in [-0.2, -0.15) is 4.98 Å². The molecule has 2 fully saturated rings. The molecule has 4 rings (SSSR count). The average Bonchev–Trinajstić information content (AvgIpc) is 3.03. The van der Waals surface area contributed by atoms with E-state index in [2.05, 4.69) is 26.9 Å². The van der Waals surface area contributed by atoms with Gasteiger partial charge >= 0.3 is 11.8 Å². The van der Waals surface area contributed by atoms with Crippen LogP contribution in [0.15, 0.2) is 22.9 Å². The number of aromatic nitrogens is 3. The van der Waals surface area contributed by atoms with Crippen LogP contribution in [0.2, 0.25) is 0 Å². The van der Waals surface area contributed by atoms with Gasteiger partial charge < -0.3 is 14.3 Å². The van der Waals surface area contributed by atoms with Gasteiger partial charge in [0.05, 0.1) is 0 Å². The summed E-state index contributed by atoms with van der Waals surface area (Å²) in [4.78, 5) is 25.7. The van der Waals surface area contributed by atoms with Crippen LogP contribution in [0.4, 0.5) is 5.82 Å². The van der Waals surface area contributed by atoms with Crippen LogP contribution in [0.5, 0.6) is 0 Å². The zero-order chi connectivity index (χ0) is 18.6. The molecule has 2 aliphatic rings. The topological polar surface area (TPSA) is 75.4 Å². The van der Waals surface area contributed by atoms with E-state index in [1.54, 1.807) is 6.20 Å². The first-order valence-electron chi connectivity index (χ1n) is 10.0. The van der Waals surface area contributed by atoms with Gasteiger partial charge in [0.1, 0.15) is 5.82 Å². The van der Waals surface area contributed by atoms with Crippen molar-refractivity contribution in [2.45, 2.75) is 45.4 Å². The van der Waals surface area contributed by atoms with Crippen LogP contribution >= 0.6 is 0 Å². The lowest BCUT2D eigenvalue weighted by Crippen LogP contribution is -2.39. The van der Waals surface area contributed by atoms with Crippen LogP contribution in [0, 0.1) is 5.92 Å². The predicted molar refractivity (Wildman–Crippen MR) is 103 cm³/mol. The second-order valence-corrected chi connectivity index (χ2v) is 7.73. The predicted octanol–water partition coefficient (Wildman–Crippen LogP) is 3.38. The minimum absolute atomic E-state index is 0.0761. The molecule has 7 heteroatoms. The lowest BCUT2D eigenvalue weighted by atomic mass is 10.0. The molecule has 0 N–H and O–H groups in total. The number of rotatable bonds is 3. The van der Waals surface area contributed by atoms with E-state index in [0.29, 0.717) is 11.7 Å². The number of carbonyl (C=O) groups excluding carboxylic acids is 1. The van der Waals surface area contributed by atoms with Crippen LogP contribution in [0.25, 0.3) is 11.4 Å². The van der Waals surface area contributed by atoms with Crippen molar-refractivity contribution >= 4 is 11.7 Å². The number of hydrogen-bond acceptors (Lipinski definition) is 6. The molecular formula is C20H27N5O2. The Labute approximate surface area is 159 Å². The standard InChI is InChI=1S/C20H27N5O2/c1-15-7-6-12-25(14-15)20(26)19-22-18(23-27-19)16-8-9-21-17(13-16)24-10-4-2-3-5-11-24/h8-9,13,15H,2-7,10-12,14H2,1H3/t15-/m0/s1. The molecule has 0 radical (unpaired) electrons. The van der Waals surface area contributed by atoms with Gasteiger partial charge in [0.2, 0.25) is 5.82 Å². The van der Waals surface area contributed by atoms with Crippen molar-refractivity contribution in [1.82, 2.24) is 20.0 Å². The molecule has 2 aromatic rings. The van der Waals surface area contributed by atoms with E-state index in [1.165, 1.54) is 25.7 Å². The van der Waals surface area contributed by atoms with E-state index >= 15 is 0 Å². The number of amides is 1. The Hall–Kier alpha value is -2.44. The summed E-state index contributed by atoms with van der Waals surface area (Å²) < 4.78 is 5.29. The zero-order valence-electron chi connectivity index (χ0n) is 15.9. The van der Waals surface area contributed by atoms with Gasteiger partial charge in [0, 0.05) is 37.9 Å². The second-order valence-electron chi connectivity index (χ2n) is 7.73. The largest absolute Gasteiger partial charge is 0.357 e.